The summed E-state index contributed by atoms with van der Waals surface area (Å²) in [4.78, 5) is 15.6. The highest BCUT2D eigenvalue weighted by molar-refractivity contribution is 7.99. The van der Waals surface area contributed by atoms with Gasteiger partial charge in [-0.1, -0.05) is 11.8 Å². The minimum Gasteiger partial charge on any atom is -0.440 e. The SMILES string of the molecule is O=C(CCSc1ncco1)c1ccc(F)cc1. The fourth-order valence-corrected chi connectivity index (χ4v) is 2.01. The minimum atomic E-state index is -0.337. The Morgan fingerprint density at radius 1 is 1.35 bits per heavy atom. The number of carbonyl (C=O) groups excluding carboxylic acids is 1. The highest BCUT2D eigenvalue weighted by Crippen LogP contribution is 2.17. The first-order valence-corrected chi connectivity index (χ1v) is 6.05. The molecule has 0 aliphatic heterocycles. The first-order valence-electron chi connectivity index (χ1n) is 5.07. The maximum absolute atomic E-state index is 12.7. The third-order valence-corrected chi connectivity index (χ3v) is 2.99. The number of thioether (sulfide) groups is 1. The highest BCUT2D eigenvalue weighted by atomic mass is 32.2. The topological polar surface area (TPSA) is 43.1 Å². The Morgan fingerprint density at radius 2 is 2.12 bits per heavy atom. The molecule has 2 aromatic rings. The van der Waals surface area contributed by atoms with Gasteiger partial charge in [0.05, 0.1) is 6.20 Å². The summed E-state index contributed by atoms with van der Waals surface area (Å²) in [6.07, 6.45) is 3.42. The molecule has 0 saturated carbocycles. The summed E-state index contributed by atoms with van der Waals surface area (Å²) in [7, 11) is 0. The Hall–Kier alpha value is -1.62. The minimum absolute atomic E-state index is 0.0101. The zero-order valence-corrected chi connectivity index (χ0v) is 9.74. The summed E-state index contributed by atoms with van der Waals surface area (Å²) in [5.41, 5.74) is 0.527. The van der Waals surface area contributed by atoms with Gasteiger partial charge in [-0.3, -0.25) is 4.79 Å². The lowest BCUT2D eigenvalue weighted by Crippen LogP contribution is -2.00. The summed E-state index contributed by atoms with van der Waals surface area (Å²) in [6.45, 7) is 0. The fraction of sp³-hybridized carbons (Fsp3) is 0.167. The first-order chi connectivity index (χ1) is 8.25. The molecule has 0 N–H and O–H groups in total. The van der Waals surface area contributed by atoms with Gasteiger partial charge in [0.1, 0.15) is 12.1 Å². The molecule has 0 aliphatic carbocycles. The molecule has 0 amide bonds. The number of benzene rings is 1. The largest absolute Gasteiger partial charge is 0.440 e. The van der Waals surface area contributed by atoms with Crippen LogP contribution < -0.4 is 0 Å². The lowest BCUT2D eigenvalue weighted by Gasteiger charge is -1.99. The third kappa shape index (κ3) is 3.42. The molecule has 0 unspecified atom stereocenters. The van der Waals surface area contributed by atoms with Crippen molar-refractivity contribution in [3.63, 3.8) is 0 Å². The molecule has 3 nitrogen and oxygen atoms in total. The van der Waals surface area contributed by atoms with Gasteiger partial charge >= 0.3 is 0 Å². The number of oxazole rings is 1. The number of Topliss-reactive ketones (excluding diaryl/α,β-unsaturated/α-hetero) is 1. The zero-order chi connectivity index (χ0) is 12.1. The molecule has 2 rings (SSSR count). The van der Waals surface area contributed by atoms with Crippen LogP contribution in [0.4, 0.5) is 4.39 Å². The van der Waals surface area contributed by atoms with Crippen LogP contribution in [0.2, 0.25) is 0 Å². The van der Waals surface area contributed by atoms with Gasteiger partial charge in [-0.05, 0) is 24.3 Å². The van der Waals surface area contributed by atoms with Crippen molar-refractivity contribution in [3.05, 3.63) is 48.1 Å². The smallest absolute Gasteiger partial charge is 0.255 e. The van der Waals surface area contributed by atoms with Gasteiger partial charge in [-0.2, -0.15) is 0 Å². The van der Waals surface area contributed by atoms with Gasteiger partial charge in [-0.15, -0.1) is 0 Å². The molecular formula is C12H10FNO2S. The monoisotopic (exact) mass is 251 g/mol. The lowest BCUT2D eigenvalue weighted by molar-refractivity contribution is 0.0989. The number of hydrogen-bond acceptors (Lipinski definition) is 4. The van der Waals surface area contributed by atoms with Crippen molar-refractivity contribution in [1.29, 1.82) is 0 Å². The van der Waals surface area contributed by atoms with E-state index in [-0.39, 0.29) is 11.6 Å². The second kappa shape index (κ2) is 5.63. The molecule has 1 aromatic carbocycles. The quantitative estimate of drug-likeness (QED) is 0.604. The molecule has 0 bridgehead atoms. The predicted molar refractivity (Wildman–Crippen MR) is 62.6 cm³/mol. The summed E-state index contributed by atoms with van der Waals surface area (Å²) in [5.74, 6) is 0.247. The van der Waals surface area contributed by atoms with Crippen LogP contribution in [-0.4, -0.2) is 16.5 Å². The molecule has 17 heavy (non-hydrogen) atoms. The Morgan fingerprint density at radius 3 is 2.76 bits per heavy atom. The second-order valence-electron chi connectivity index (χ2n) is 3.33. The van der Waals surface area contributed by atoms with Gasteiger partial charge in [0.2, 0.25) is 0 Å². The molecule has 0 fully saturated rings. The predicted octanol–water partition coefficient (Wildman–Crippen LogP) is 3.18. The molecule has 88 valence electrons. The van der Waals surface area contributed by atoms with E-state index in [9.17, 15) is 9.18 Å². The van der Waals surface area contributed by atoms with E-state index in [0.717, 1.165) is 0 Å². The number of rotatable bonds is 5. The van der Waals surface area contributed by atoms with Crippen LogP contribution in [-0.2, 0) is 0 Å². The third-order valence-electron chi connectivity index (χ3n) is 2.13. The van der Waals surface area contributed by atoms with Gasteiger partial charge in [0.15, 0.2) is 5.78 Å². The number of ketones is 1. The molecule has 0 spiro atoms. The summed E-state index contributed by atoms with van der Waals surface area (Å²) >= 11 is 1.38. The Kier molecular flexibility index (Phi) is 3.93. The summed E-state index contributed by atoms with van der Waals surface area (Å²) < 4.78 is 17.7. The molecule has 0 radical (unpaired) electrons. The van der Waals surface area contributed by atoms with Gasteiger partial charge < -0.3 is 4.42 Å². The van der Waals surface area contributed by atoms with Gasteiger partial charge in [0, 0.05) is 17.7 Å². The van der Waals surface area contributed by atoms with Crippen LogP contribution in [0.3, 0.4) is 0 Å². The van der Waals surface area contributed by atoms with E-state index in [1.54, 1.807) is 6.20 Å². The van der Waals surface area contributed by atoms with Crippen LogP contribution in [0.25, 0.3) is 0 Å². The Balaban J connectivity index is 1.83. The van der Waals surface area contributed by atoms with Gasteiger partial charge in [0.25, 0.3) is 5.22 Å². The average molecular weight is 251 g/mol. The number of halogens is 1. The standard InChI is InChI=1S/C12H10FNO2S/c13-10-3-1-9(2-4-10)11(15)5-8-17-12-14-6-7-16-12/h1-4,6-7H,5,8H2. The molecule has 1 heterocycles. The average Bonchev–Trinajstić information content (AvgIpc) is 2.83. The van der Waals surface area contributed by atoms with Crippen molar-refractivity contribution in [1.82, 2.24) is 4.98 Å². The van der Waals surface area contributed by atoms with Crippen molar-refractivity contribution >= 4 is 17.5 Å². The summed E-state index contributed by atoms with van der Waals surface area (Å²) in [5, 5.41) is 0.553. The molecule has 5 heteroatoms. The second-order valence-corrected chi connectivity index (χ2v) is 4.37. The van der Waals surface area contributed by atoms with Crippen molar-refractivity contribution in [2.75, 3.05) is 5.75 Å². The van der Waals surface area contributed by atoms with Crippen LogP contribution in [0.15, 0.2) is 46.4 Å². The van der Waals surface area contributed by atoms with Crippen molar-refractivity contribution in [2.45, 2.75) is 11.6 Å². The normalized spacial score (nSPS) is 10.4. The van der Waals surface area contributed by atoms with Crippen LogP contribution >= 0.6 is 11.8 Å². The number of carbonyl (C=O) groups is 1. The fourth-order valence-electron chi connectivity index (χ4n) is 1.29. The van der Waals surface area contributed by atoms with E-state index in [2.05, 4.69) is 4.98 Å². The molecule has 0 aliphatic rings. The van der Waals surface area contributed by atoms with E-state index in [4.69, 9.17) is 4.42 Å². The van der Waals surface area contributed by atoms with E-state index in [1.807, 2.05) is 0 Å². The summed E-state index contributed by atoms with van der Waals surface area (Å²) in [6, 6.07) is 5.56. The number of nitrogens with zero attached hydrogens (tertiary/aromatic N) is 1. The van der Waals surface area contributed by atoms with E-state index >= 15 is 0 Å². The highest BCUT2D eigenvalue weighted by Gasteiger charge is 2.07. The Labute approximate surface area is 102 Å². The molecule has 0 atom stereocenters. The molecule has 0 saturated heterocycles. The molecule has 1 aromatic heterocycles. The van der Waals surface area contributed by atoms with Crippen molar-refractivity contribution < 1.29 is 13.6 Å². The lowest BCUT2D eigenvalue weighted by atomic mass is 10.1. The Bertz CT molecular complexity index is 482. The van der Waals surface area contributed by atoms with E-state index in [1.165, 1.54) is 42.3 Å². The van der Waals surface area contributed by atoms with Crippen LogP contribution in [0.5, 0.6) is 0 Å². The maximum Gasteiger partial charge on any atom is 0.255 e. The first kappa shape index (κ1) is 11.9. The number of aromatic nitrogens is 1. The zero-order valence-electron chi connectivity index (χ0n) is 8.93. The van der Waals surface area contributed by atoms with Crippen LogP contribution in [0.1, 0.15) is 16.8 Å². The molecular weight excluding hydrogens is 241 g/mol. The maximum atomic E-state index is 12.7. The van der Waals surface area contributed by atoms with Gasteiger partial charge in [-0.25, -0.2) is 9.37 Å². The van der Waals surface area contributed by atoms with Crippen molar-refractivity contribution in [3.8, 4) is 0 Å². The van der Waals surface area contributed by atoms with Crippen LogP contribution in [0, 0.1) is 5.82 Å². The number of hydrogen-bond donors (Lipinski definition) is 0. The van der Waals surface area contributed by atoms with E-state index in [0.29, 0.717) is 23.0 Å². The van der Waals surface area contributed by atoms with Crippen molar-refractivity contribution in [2.24, 2.45) is 0 Å². The van der Waals surface area contributed by atoms with E-state index < -0.39 is 0 Å².